The number of carbonyl (C=O) groups is 1. The summed E-state index contributed by atoms with van der Waals surface area (Å²) < 4.78 is 10.9. The molecule has 0 spiro atoms. The predicted molar refractivity (Wildman–Crippen MR) is 72.8 cm³/mol. The van der Waals surface area contributed by atoms with E-state index in [1.807, 2.05) is 24.3 Å². The molecule has 1 rings (SSSR count). The van der Waals surface area contributed by atoms with Crippen LogP contribution >= 0.6 is 0 Å². The molecule has 19 heavy (non-hydrogen) atoms. The quantitative estimate of drug-likeness (QED) is 0.669. The number of benzene rings is 1. The summed E-state index contributed by atoms with van der Waals surface area (Å²) in [5.74, 6) is 0.706. The van der Waals surface area contributed by atoms with E-state index in [9.17, 15) is 4.79 Å². The lowest BCUT2D eigenvalue weighted by atomic mass is 10.3. The molecule has 0 amide bonds. The number of ether oxygens (including phenoxy) is 2. The Morgan fingerprint density at radius 2 is 1.74 bits per heavy atom. The molecule has 0 saturated carbocycles. The SMILES string of the molecule is CCCOc1ccc(OCCN[C@H](C)C(=O)O)cc1. The largest absolute Gasteiger partial charge is 0.494 e. The van der Waals surface area contributed by atoms with Gasteiger partial charge in [-0.3, -0.25) is 4.79 Å². The zero-order valence-electron chi connectivity index (χ0n) is 11.4. The Kier molecular flexibility index (Phi) is 6.74. The third kappa shape index (κ3) is 6.10. The molecule has 0 radical (unpaired) electrons. The first kappa shape index (κ1) is 15.3. The van der Waals surface area contributed by atoms with Crippen LogP contribution in [0.15, 0.2) is 24.3 Å². The average molecular weight is 267 g/mol. The normalized spacial score (nSPS) is 11.9. The van der Waals surface area contributed by atoms with Crippen molar-refractivity contribution in [1.29, 1.82) is 0 Å². The monoisotopic (exact) mass is 267 g/mol. The van der Waals surface area contributed by atoms with Crippen LogP contribution in [-0.2, 0) is 4.79 Å². The van der Waals surface area contributed by atoms with Crippen molar-refractivity contribution in [3.05, 3.63) is 24.3 Å². The Morgan fingerprint density at radius 3 is 2.21 bits per heavy atom. The summed E-state index contributed by atoms with van der Waals surface area (Å²) in [6.45, 7) is 5.27. The van der Waals surface area contributed by atoms with E-state index in [1.165, 1.54) is 0 Å². The minimum absolute atomic E-state index is 0.423. The van der Waals surface area contributed by atoms with Crippen molar-refractivity contribution in [2.24, 2.45) is 0 Å². The zero-order chi connectivity index (χ0) is 14.1. The van der Waals surface area contributed by atoms with Crippen LogP contribution in [0.5, 0.6) is 11.5 Å². The second-order valence-electron chi connectivity index (χ2n) is 4.18. The average Bonchev–Trinajstić information content (AvgIpc) is 2.42. The Hall–Kier alpha value is -1.75. The molecule has 2 N–H and O–H groups in total. The maximum atomic E-state index is 10.6. The maximum absolute atomic E-state index is 10.6. The molecule has 5 nitrogen and oxygen atoms in total. The van der Waals surface area contributed by atoms with Crippen LogP contribution in [0.1, 0.15) is 20.3 Å². The van der Waals surface area contributed by atoms with Crippen molar-refractivity contribution < 1.29 is 19.4 Å². The van der Waals surface area contributed by atoms with Gasteiger partial charge < -0.3 is 19.9 Å². The first-order valence-electron chi connectivity index (χ1n) is 6.45. The minimum Gasteiger partial charge on any atom is -0.494 e. The van der Waals surface area contributed by atoms with Crippen LogP contribution in [0.4, 0.5) is 0 Å². The topological polar surface area (TPSA) is 67.8 Å². The standard InChI is InChI=1S/C14H21NO4/c1-3-9-18-12-4-6-13(7-5-12)19-10-8-15-11(2)14(16)17/h4-7,11,15H,3,8-10H2,1-2H3,(H,16,17)/t11-/m1/s1. The molecule has 0 aromatic heterocycles. The number of aliphatic carboxylic acids is 1. The molecule has 0 saturated heterocycles. The molecule has 0 unspecified atom stereocenters. The molecule has 5 heteroatoms. The molecule has 0 aliphatic heterocycles. The smallest absolute Gasteiger partial charge is 0.320 e. The molecule has 0 aliphatic rings. The van der Waals surface area contributed by atoms with Crippen molar-refractivity contribution in [3.63, 3.8) is 0 Å². The number of hydrogen-bond acceptors (Lipinski definition) is 4. The molecular formula is C14H21NO4. The lowest BCUT2D eigenvalue weighted by molar-refractivity contribution is -0.139. The van der Waals surface area contributed by atoms with E-state index in [0.29, 0.717) is 19.8 Å². The van der Waals surface area contributed by atoms with E-state index in [2.05, 4.69) is 12.2 Å². The molecule has 1 aromatic rings. The highest BCUT2D eigenvalue weighted by Crippen LogP contribution is 2.17. The Labute approximate surface area is 113 Å². The van der Waals surface area contributed by atoms with Gasteiger partial charge in [-0.1, -0.05) is 6.92 Å². The van der Waals surface area contributed by atoms with Crippen LogP contribution in [-0.4, -0.2) is 36.9 Å². The van der Waals surface area contributed by atoms with Crippen molar-refractivity contribution >= 4 is 5.97 Å². The fourth-order valence-electron chi connectivity index (χ4n) is 1.38. The van der Waals surface area contributed by atoms with Gasteiger partial charge in [-0.05, 0) is 37.6 Å². The third-order valence-corrected chi connectivity index (χ3v) is 2.49. The second-order valence-corrected chi connectivity index (χ2v) is 4.18. The van der Waals surface area contributed by atoms with Gasteiger partial charge in [0, 0.05) is 6.54 Å². The number of rotatable bonds is 9. The first-order chi connectivity index (χ1) is 9.13. The molecule has 106 valence electrons. The Bertz CT molecular complexity index is 378. The van der Waals surface area contributed by atoms with E-state index in [0.717, 1.165) is 17.9 Å². The van der Waals surface area contributed by atoms with Crippen LogP contribution < -0.4 is 14.8 Å². The number of nitrogens with one attached hydrogen (secondary N) is 1. The van der Waals surface area contributed by atoms with Gasteiger partial charge in [-0.2, -0.15) is 0 Å². The number of carboxylic acid groups (broad SMARTS) is 1. The maximum Gasteiger partial charge on any atom is 0.320 e. The molecule has 0 heterocycles. The van der Waals surface area contributed by atoms with Gasteiger partial charge in [-0.15, -0.1) is 0 Å². The Morgan fingerprint density at radius 1 is 1.21 bits per heavy atom. The van der Waals surface area contributed by atoms with Gasteiger partial charge in [0.2, 0.25) is 0 Å². The van der Waals surface area contributed by atoms with E-state index in [4.69, 9.17) is 14.6 Å². The van der Waals surface area contributed by atoms with Crippen LogP contribution in [0.3, 0.4) is 0 Å². The summed E-state index contributed by atoms with van der Waals surface area (Å²) >= 11 is 0. The van der Waals surface area contributed by atoms with E-state index in [-0.39, 0.29) is 0 Å². The molecule has 1 atom stereocenters. The summed E-state index contributed by atoms with van der Waals surface area (Å²) in [5, 5.41) is 11.5. The van der Waals surface area contributed by atoms with E-state index in [1.54, 1.807) is 6.92 Å². The van der Waals surface area contributed by atoms with Crippen molar-refractivity contribution in [1.82, 2.24) is 5.32 Å². The van der Waals surface area contributed by atoms with Gasteiger partial charge in [-0.25, -0.2) is 0 Å². The number of hydrogen-bond donors (Lipinski definition) is 2. The van der Waals surface area contributed by atoms with Gasteiger partial charge in [0.25, 0.3) is 0 Å². The number of carboxylic acids is 1. The molecular weight excluding hydrogens is 246 g/mol. The predicted octanol–water partition coefficient (Wildman–Crippen LogP) is 1.92. The fraction of sp³-hybridized carbons (Fsp3) is 0.500. The van der Waals surface area contributed by atoms with Gasteiger partial charge in [0.1, 0.15) is 24.1 Å². The molecule has 0 fully saturated rings. The summed E-state index contributed by atoms with van der Waals surface area (Å²) in [7, 11) is 0. The van der Waals surface area contributed by atoms with Gasteiger partial charge in [0.05, 0.1) is 6.61 Å². The van der Waals surface area contributed by atoms with Gasteiger partial charge in [0.15, 0.2) is 0 Å². The van der Waals surface area contributed by atoms with Crippen LogP contribution in [0.2, 0.25) is 0 Å². The summed E-state index contributed by atoms with van der Waals surface area (Å²) in [6, 6.07) is 6.84. The summed E-state index contributed by atoms with van der Waals surface area (Å²) in [5.41, 5.74) is 0. The zero-order valence-corrected chi connectivity index (χ0v) is 11.4. The molecule has 0 bridgehead atoms. The van der Waals surface area contributed by atoms with Crippen LogP contribution in [0, 0.1) is 0 Å². The van der Waals surface area contributed by atoms with Crippen molar-refractivity contribution in [2.45, 2.75) is 26.3 Å². The van der Waals surface area contributed by atoms with Crippen molar-refractivity contribution in [2.75, 3.05) is 19.8 Å². The summed E-state index contributed by atoms with van der Waals surface area (Å²) in [6.07, 6.45) is 0.978. The minimum atomic E-state index is -0.863. The third-order valence-electron chi connectivity index (χ3n) is 2.49. The first-order valence-corrected chi connectivity index (χ1v) is 6.45. The van der Waals surface area contributed by atoms with Crippen molar-refractivity contribution in [3.8, 4) is 11.5 Å². The highest BCUT2D eigenvalue weighted by molar-refractivity contribution is 5.72. The van der Waals surface area contributed by atoms with E-state index >= 15 is 0 Å². The lowest BCUT2D eigenvalue weighted by Gasteiger charge is -2.11. The van der Waals surface area contributed by atoms with E-state index < -0.39 is 12.0 Å². The lowest BCUT2D eigenvalue weighted by Crippen LogP contribution is -2.36. The summed E-state index contributed by atoms with van der Waals surface area (Å²) in [4.78, 5) is 10.6. The highest BCUT2D eigenvalue weighted by Gasteiger charge is 2.08. The Balaban J connectivity index is 2.24. The fourth-order valence-corrected chi connectivity index (χ4v) is 1.38. The van der Waals surface area contributed by atoms with Crippen LogP contribution in [0.25, 0.3) is 0 Å². The van der Waals surface area contributed by atoms with Gasteiger partial charge >= 0.3 is 5.97 Å². The highest BCUT2D eigenvalue weighted by atomic mass is 16.5. The molecule has 1 aromatic carbocycles. The molecule has 0 aliphatic carbocycles. The second kappa shape index (κ2) is 8.37.